The molecule has 2 aliphatic rings. The number of epoxide rings is 1. The van der Waals surface area contributed by atoms with Crippen molar-refractivity contribution in [2.75, 3.05) is 0 Å². The minimum Gasteiger partial charge on any atom is -0.370 e. The number of hydrogen-bond acceptors (Lipinski definition) is 3. The minimum atomic E-state index is 0.265. The lowest BCUT2D eigenvalue weighted by Gasteiger charge is -2.15. The molecule has 3 atom stereocenters. The lowest BCUT2D eigenvalue weighted by Crippen LogP contribution is -2.29. The summed E-state index contributed by atoms with van der Waals surface area (Å²) < 4.78 is 5.27. The molecule has 1 saturated carbocycles. The van der Waals surface area contributed by atoms with Gasteiger partial charge in [-0.05, 0) is 19.3 Å². The highest BCUT2D eigenvalue weighted by molar-refractivity contribution is 4.93. The number of nitroso groups, excluding NO2 is 1. The summed E-state index contributed by atoms with van der Waals surface area (Å²) in [5, 5.41) is 2.66. The Morgan fingerprint density at radius 3 is 3.00 bits per heavy atom. The molecule has 1 heterocycles. The van der Waals surface area contributed by atoms with Gasteiger partial charge in [-0.3, -0.25) is 5.43 Å². The molecule has 0 aromatic heterocycles. The molecule has 2 rings (SSSR count). The van der Waals surface area contributed by atoms with Gasteiger partial charge < -0.3 is 4.74 Å². The van der Waals surface area contributed by atoms with Crippen LogP contribution in [0.25, 0.3) is 0 Å². The molecular weight excluding hydrogens is 132 g/mol. The van der Waals surface area contributed by atoms with E-state index in [1.54, 1.807) is 0 Å². The zero-order valence-electron chi connectivity index (χ0n) is 5.62. The first-order chi connectivity index (χ1) is 4.90. The molecule has 1 N–H and O–H groups in total. The molecule has 3 unspecified atom stereocenters. The molecule has 0 radical (unpaired) electrons. The average Bonchev–Trinajstić information content (AvgIpc) is 2.66. The molecule has 10 heavy (non-hydrogen) atoms. The predicted molar refractivity (Wildman–Crippen MR) is 35.2 cm³/mol. The van der Waals surface area contributed by atoms with E-state index in [4.69, 9.17) is 4.74 Å². The van der Waals surface area contributed by atoms with Crippen LogP contribution in [0.1, 0.15) is 19.3 Å². The molecule has 1 aliphatic carbocycles. The normalized spacial score (nSPS) is 43.8. The number of ether oxygens (including phenoxy) is 1. The van der Waals surface area contributed by atoms with Gasteiger partial charge in [0.15, 0.2) is 0 Å². The van der Waals surface area contributed by atoms with Crippen LogP contribution in [-0.4, -0.2) is 18.2 Å². The van der Waals surface area contributed by atoms with Gasteiger partial charge in [0, 0.05) is 11.3 Å². The van der Waals surface area contributed by atoms with Crippen LogP contribution in [0.5, 0.6) is 0 Å². The maximum absolute atomic E-state index is 9.79. The summed E-state index contributed by atoms with van der Waals surface area (Å²) in [6.45, 7) is 0. The third-order valence-corrected chi connectivity index (χ3v) is 2.24. The lowest BCUT2D eigenvalue weighted by atomic mass is 9.96. The second-order valence-corrected chi connectivity index (χ2v) is 2.94. The van der Waals surface area contributed by atoms with Gasteiger partial charge in [0.05, 0.1) is 12.2 Å². The Hall–Kier alpha value is -0.640. The molecule has 0 spiro atoms. The van der Waals surface area contributed by atoms with Gasteiger partial charge in [-0.2, -0.15) is 0 Å². The monoisotopic (exact) mass is 142 g/mol. The average molecular weight is 142 g/mol. The Labute approximate surface area is 58.9 Å². The van der Waals surface area contributed by atoms with Crippen molar-refractivity contribution >= 4 is 0 Å². The quantitative estimate of drug-likeness (QED) is 0.348. The largest absolute Gasteiger partial charge is 0.370 e. The summed E-state index contributed by atoms with van der Waals surface area (Å²) in [5.74, 6) is 0. The zero-order chi connectivity index (χ0) is 6.97. The second kappa shape index (κ2) is 2.20. The third kappa shape index (κ3) is 0.988. The predicted octanol–water partition coefficient (Wildman–Crippen LogP) is 0.577. The Morgan fingerprint density at radius 1 is 1.40 bits per heavy atom. The van der Waals surface area contributed by atoms with Crippen LogP contribution < -0.4 is 5.43 Å². The van der Waals surface area contributed by atoms with Crippen LogP contribution in [0, 0.1) is 4.91 Å². The smallest absolute Gasteiger partial charge is 0.0862 e. The number of rotatable bonds is 2. The van der Waals surface area contributed by atoms with E-state index < -0.39 is 0 Å². The first-order valence-electron chi connectivity index (χ1n) is 3.63. The maximum Gasteiger partial charge on any atom is 0.0862 e. The Balaban J connectivity index is 1.82. The molecule has 0 aromatic rings. The van der Waals surface area contributed by atoms with E-state index in [0.29, 0.717) is 12.2 Å². The number of nitrogens with one attached hydrogen (secondary N) is 1. The highest BCUT2D eigenvalue weighted by atomic mass is 16.6. The van der Waals surface area contributed by atoms with Gasteiger partial charge in [0.2, 0.25) is 0 Å². The molecule has 56 valence electrons. The minimum absolute atomic E-state index is 0.265. The van der Waals surface area contributed by atoms with Crippen LogP contribution in [0.2, 0.25) is 0 Å². The number of fused-ring (bicyclic) bond motifs is 1. The van der Waals surface area contributed by atoms with E-state index >= 15 is 0 Å². The van der Waals surface area contributed by atoms with Crippen molar-refractivity contribution in [1.29, 1.82) is 0 Å². The molecule has 2 fully saturated rings. The van der Waals surface area contributed by atoms with Crippen LogP contribution in [0.4, 0.5) is 0 Å². The van der Waals surface area contributed by atoms with E-state index in [1.165, 1.54) is 0 Å². The first-order valence-corrected chi connectivity index (χ1v) is 3.63. The number of hydrogen-bond donors (Lipinski definition) is 1. The van der Waals surface area contributed by atoms with Gasteiger partial charge in [-0.1, -0.05) is 0 Å². The Morgan fingerprint density at radius 2 is 2.30 bits per heavy atom. The fourth-order valence-electron chi connectivity index (χ4n) is 1.60. The van der Waals surface area contributed by atoms with Crippen LogP contribution in [0.3, 0.4) is 0 Å². The standard InChI is InChI=1S/C6H10N2O2/c9-8-7-4-1-2-5-6(3-4)10-5/h4-6H,1-3H2,(H,7,9). The molecule has 0 bridgehead atoms. The highest BCUT2D eigenvalue weighted by Crippen LogP contribution is 2.36. The van der Waals surface area contributed by atoms with Crippen LogP contribution in [0.15, 0.2) is 5.29 Å². The molecule has 4 nitrogen and oxygen atoms in total. The zero-order valence-corrected chi connectivity index (χ0v) is 5.62. The summed E-state index contributed by atoms with van der Waals surface area (Å²) >= 11 is 0. The van der Waals surface area contributed by atoms with E-state index in [9.17, 15) is 4.91 Å². The first kappa shape index (κ1) is 6.09. The van der Waals surface area contributed by atoms with Crippen molar-refractivity contribution in [2.24, 2.45) is 5.29 Å². The van der Waals surface area contributed by atoms with Crippen LogP contribution in [-0.2, 0) is 4.74 Å². The van der Waals surface area contributed by atoms with Crippen molar-refractivity contribution < 1.29 is 4.74 Å². The van der Waals surface area contributed by atoms with Crippen molar-refractivity contribution in [3.8, 4) is 0 Å². The summed E-state index contributed by atoms with van der Waals surface area (Å²) in [6.07, 6.45) is 3.99. The molecule has 0 amide bonds. The fraction of sp³-hybridized carbons (Fsp3) is 1.00. The summed E-state index contributed by atoms with van der Waals surface area (Å²) in [6, 6.07) is 0.265. The van der Waals surface area contributed by atoms with E-state index in [-0.39, 0.29) is 6.04 Å². The SMILES string of the molecule is O=NNC1CCC2OC2C1. The van der Waals surface area contributed by atoms with E-state index in [2.05, 4.69) is 10.7 Å². The van der Waals surface area contributed by atoms with Gasteiger partial charge in [-0.25, -0.2) is 0 Å². The van der Waals surface area contributed by atoms with Crippen LogP contribution >= 0.6 is 0 Å². The summed E-state index contributed by atoms with van der Waals surface area (Å²) in [4.78, 5) is 9.79. The molecule has 0 aromatic carbocycles. The Kier molecular flexibility index (Phi) is 1.34. The maximum atomic E-state index is 9.79. The Bertz CT molecular complexity index is 151. The van der Waals surface area contributed by atoms with Crippen molar-refractivity contribution in [3.63, 3.8) is 0 Å². The van der Waals surface area contributed by atoms with Gasteiger partial charge in [0.1, 0.15) is 0 Å². The van der Waals surface area contributed by atoms with Gasteiger partial charge in [-0.15, -0.1) is 4.91 Å². The molecule has 1 saturated heterocycles. The third-order valence-electron chi connectivity index (χ3n) is 2.24. The highest BCUT2D eigenvalue weighted by Gasteiger charge is 2.43. The summed E-state index contributed by atoms with van der Waals surface area (Å²) in [5.41, 5.74) is 2.53. The van der Waals surface area contributed by atoms with Crippen molar-refractivity contribution in [2.45, 2.75) is 37.5 Å². The topological polar surface area (TPSA) is 54.0 Å². The molecule has 1 aliphatic heterocycles. The fourth-order valence-corrected chi connectivity index (χ4v) is 1.60. The number of nitrogens with zero attached hydrogens (tertiary/aromatic N) is 1. The molecule has 4 heteroatoms. The van der Waals surface area contributed by atoms with Gasteiger partial charge >= 0.3 is 0 Å². The second-order valence-electron chi connectivity index (χ2n) is 2.94. The lowest BCUT2D eigenvalue weighted by molar-refractivity contribution is 0.366. The van der Waals surface area contributed by atoms with Crippen molar-refractivity contribution in [1.82, 2.24) is 5.43 Å². The summed E-state index contributed by atoms with van der Waals surface area (Å²) in [7, 11) is 0. The van der Waals surface area contributed by atoms with Crippen molar-refractivity contribution in [3.05, 3.63) is 4.91 Å². The molecular formula is C6H10N2O2. The van der Waals surface area contributed by atoms with E-state index in [0.717, 1.165) is 19.3 Å². The van der Waals surface area contributed by atoms with Gasteiger partial charge in [0.25, 0.3) is 0 Å². The van der Waals surface area contributed by atoms with E-state index in [1.807, 2.05) is 0 Å².